The number of nitrogens with zero attached hydrogens (tertiary/aromatic N) is 5. The number of carbonyl (C=O) groups is 2. The second-order valence-corrected chi connectivity index (χ2v) is 11.4. The molecule has 4 heterocycles. The SMILES string of the molecule is CCCCc1nc(Cl)c(C(=O)OC(C)OC(=O)O[C@H]2CO[C@H]3[C@@H]2OC[C@@H]3O)n1Cc1ccc(-c2ccccc2-c2nn[nH]n2)cc1. The smallest absolute Gasteiger partial charge is 0.426 e. The van der Waals surface area contributed by atoms with Gasteiger partial charge in [0.15, 0.2) is 17.0 Å². The molecule has 242 valence electrons. The molecule has 2 fully saturated rings. The molecule has 2 aliphatic heterocycles. The van der Waals surface area contributed by atoms with Gasteiger partial charge in [-0.05, 0) is 28.3 Å². The number of unbranched alkanes of at least 4 members (excludes halogenated alkanes) is 1. The fourth-order valence-corrected chi connectivity index (χ4v) is 5.87. The number of esters is 1. The van der Waals surface area contributed by atoms with Gasteiger partial charge in [0, 0.05) is 25.5 Å². The number of aromatic nitrogens is 6. The lowest BCUT2D eigenvalue weighted by Gasteiger charge is -2.19. The number of carbonyl (C=O) groups excluding carboxylic acids is 2. The molecule has 15 heteroatoms. The number of rotatable bonds is 11. The monoisotopic (exact) mass is 652 g/mol. The number of ether oxygens (including phenoxy) is 5. The van der Waals surface area contributed by atoms with Crippen molar-refractivity contribution in [3.05, 3.63) is 70.8 Å². The molecule has 0 radical (unpaired) electrons. The summed E-state index contributed by atoms with van der Waals surface area (Å²) in [5.74, 6) is 0.317. The van der Waals surface area contributed by atoms with Crippen molar-refractivity contribution >= 4 is 23.7 Å². The van der Waals surface area contributed by atoms with Gasteiger partial charge in [-0.1, -0.05) is 73.5 Å². The van der Waals surface area contributed by atoms with E-state index in [1.165, 1.54) is 6.92 Å². The van der Waals surface area contributed by atoms with Crippen LogP contribution >= 0.6 is 11.6 Å². The number of H-pyrrole nitrogens is 1. The lowest BCUT2D eigenvalue weighted by Crippen LogP contribution is -2.35. The van der Waals surface area contributed by atoms with Crippen molar-refractivity contribution in [1.29, 1.82) is 0 Å². The Morgan fingerprint density at radius 3 is 2.59 bits per heavy atom. The average molecular weight is 653 g/mol. The second-order valence-electron chi connectivity index (χ2n) is 11.0. The van der Waals surface area contributed by atoms with Crippen LogP contribution in [0.5, 0.6) is 0 Å². The summed E-state index contributed by atoms with van der Waals surface area (Å²) >= 11 is 6.49. The summed E-state index contributed by atoms with van der Waals surface area (Å²) in [4.78, 5) is 30.3. The quantitative estimate of drug-likeness (QED) is 0.177. The van der Waals surface area contributed by atoms with Crippen LogP contribution in [0.4, 0.5) is 4.79 Å². The number of nitrogens with one attached hydrogen (secondary N) is 1. The molecule has 46 heavy (non-hydrogen) atoms. The van der Waals surface area contributed by atoms with Gasteiger partial charge in [-0.2, -0.15) is 5.21 Å². The Bertz CT molecular complexity index is 1660. The first kappa shape index (κ1) is 31.6. The van der Waals surface area contributed by atoms with Crippen molar-refractivity contribution in [3.63, 3.8) is 0 Å². The van der Waals surface area contributed by atoms with E-state index in [0.29, 0.717) is 24.6 Å². The maximum Gasteiger partial charge on any atom is 0.511 e. The number of benzene rings is 2. The summed E-state index contributed by atoms with van der Waals surface area (Å²) in [5, 5.41) is 24.3. The Morgan fingerprint density at radius 1 is 1.09 bits per heavy atom. The molecule has 2 aromatic heterocycles. The molecule has 0 spiro atoms. The molecule has 0 amide bonds. The van der Waals surface area contributed by atoms with Crippen LogP contribution < -0.4 is 0 Å². The van der Waals surface area contributed by atoms with Crippen LogP contribution in [0, 0.1) is 0 Å². The minimum Gasteiger partial charge on any atom is -0.426 e. The van der Waals surface area contributed by atoms with E-state index in [2.05, 4.69) is 32.5 Å². The van der Waals surface area contributed by atoms with Gasteiger partial charge in [-0.25, -0.2) is 14.6 Å². The maximum atomic E-state index is 13.4. The Labute approximate surface area is 268 Å². The lowest BCUT2D eigenvalue weighted by atomic mass is 9.98. The van der Waals surface area contributed by atoms with E-state index < -0.39 is 42.8 Å². The molecule has 2 aliphatic rings. The molecule has 2 N–H and O–H groups in total. The summed E-state index contributed by atoms with van der Waals surface area (Å²) in [7, 11) is 0. The largest absolute Gasteiger partial charge is 0.511 e. The number of tetrazole rings is 1. The predicted octanol–water partition coefficient (Wildman–Crippen LogP) is 3.96. The third kappa shape index (κ3) is 6.75. The number of fused-ring (bicyclic) bond motifs is 1. The van der Waals surface area contributed by atoms with Crippen molar-refractivity contribution in [2.75, 3.05) is 13.2 Å². The molecule has 14 nitrogen and oxygen atoms in total. The van der Waals surface area contributed by atoms with Gasteiger partial charge >= 0.3 is 12.1 Å². The van der Waals surface area contributed by atoms with E-state index in [-0.39, 0.29) is 24.1 Å². The summed E-state index contributed by atoms with van der Waals surface area (Å²) < 4.78 is 28.6. The fraction of sp³-hybridized carbons (Fsp3) is 0.419. The van der Waals surface area contributed by atoms with Gasteiger partial charge < -0.3 is 33.4 Å². The highest BCUT2D eigenvalue weighted by atomic mass is 35.5. The Kier molecular flexibility index (Phi) is 9.59. The Morgan fingerprint density at radius 2 is 1.85 bits per heavy atom. The maximum absolute atomic E-state index is 13.4. The molecular formula is C31H33ClN6O8. The van der Waals surface area contributed by atoms with Gasteiger partial charge in [0.25, 0.3) is 0 Å². The number of hydrogen-bond acceptors (Lipinski definition) is 12. The number of aliphatic hydroxyl groups is 1. The average Bonchev–Trinajstić information content (AvgIpc) is 3.84. The molecule has 0 saturated carbocycles. The van der Waals surface area contributed by atoms with Crippen LogP contribution in [0.3, 0.4) is 0 Å². The van der Waals surface area contributed by atoms with Crippen LogP contribution in [0.15, 0.2) is 48.5 Å². The van der Waals surface area contributed by atoms with Crippen LogP contribution in [-0.4, -0.2) is 91.3 Å². The molecule has 6 rings (SSSR count). The second kappa shape index (κ2) is 14.0. The third-order valence-corrected chi connectivity index (χ3v) is 8.10. The van der Waals surface area contributed by atoms with E-state index in [4.69, 9.17) is 35.3 Å². The zero-order valence-corrected chi connectivity index (χ0v) is 25.9. The highest BCUT2D eigenvalue weighted by molar-refractivity contribution is 6.32. The molecule has 2 saturated heterocycles. The van der Waals surface area contributed by atoms with E-state index >= 15 is 0 Å². The fourth-order valence-electron chi connectivity index (χ4n) is 5.60. The molecule has 1 unspecified atom stereocenters. The van der Waals surface area contributed by atoms with Crippen LogP contribution in [-0.2, 0) is 36.6 Å². The topological polar surface area (TPSA) is 173 Å². The number of halogens is 1. The Balaban J connectivity index is 1.15. The summed E-state index contributed by atoms with van der Waals surface area (Å²) in [6.45, 7) is 3.89. The first-order valence-corrected chi connectivity index (χ1v) is 15.4. The minimum absolute atomic E-state index is 0.0115. The summed E-state index contributed by atoms with van der Waals surface area (Å²) in [6.07, 6.45) is -2.72. The van der Waals surface area contributed by atoms with Crippen molar-refractivity contribution in [1.82, 2.24) is 30.2 Å². The molecule has 4 aromatic rings. The summed E-state index contributed by atoms with van der Waals surface area (Å²) in [5.41, 5.74) is 3.67. The normalized spacial score (nSPS) is 21.1. The van der Waals surface area contributed by atoms with E-state index in [9.17, 15) is 14.7 Å². The lowest BCUT2D eigenvalue weighted by molar-refractivity contribution is -0.0990. The van der Waals surface area contributed by atoms with E-state index in [1.54, 1.807) is 4.57 Å². The first-order valence-electron chi connectivity index (χ1n) is 15.0. The van der Waals surface area contributed by atoms with E-state index in [0.717, 1.165) is 35.1 Å². The van der Waals surface area contributed by atoms with E-state index in [1.807, 2.05) is 48.5 Å². The number of aliphatic hydroxyl groups excluding tert-OH is 1. The Hall–Kier alpha value is -4.37. The molecule has 2 aromatic carbocycles. The zero-order chi connectivity index (χ0) is 32.2. The van der Waals surface area contributed by atoms with Crippen molar-refractivity contribution < 1.29 is 38.4 Å². The van der Waals surface area contributed by atoms with Gasteiger partial charge in [-0.15, -0.1) is 10.2 Å². The molecule has 0 aliphatic carbocycles. The number of aromatic amines is 1. The van der Waals surface area contributed by atoms with Crippen LogP contribution in [0.2, 0.25) is 5.15 Å². The first-order chi connectivity index (χ1) is 22.3. The number of imidazole rings is 1. The highest BCUT2D eigenvalue weighted by Crippen LogP contribution is 2.31. The summed E-state index contributed by atoms with van der Waals surface area (Å²) in [6, 6.07) is 15.6. The van der Waals surface area contributed by atoms with Gasteiger partial charge in [-0.3, -0.25) is 0 Å². The van der Waals surface area contributed by atoms with Gasteiger partial charge in [0.1, 0.15) is 24.1 Å². The van der Waals surface area contributed by atoms with Crippen LogP contribution in [0.1, 0.15) is 48.6 Å². The molecule has 0 bridgehead atoms. The van der Waals surface area contributed by atoms with Crippen molar-refractivity contribution in [2.24, 2.45) is 0 Å². The number of hydrogen-bond donors (Lipinski definition) is 2. The third-order valence-electron chi connectivity index (χ3n) is 7.83. The number of aryl methyl sites for hydroxylation is 1. The van der Waals surface area contributed by atoms with Crippen molar-refractivity contribution in [3.8, 4) is 22.5 Å². The predicted molar refractivity (Wildman–Crippen MR) is 162 cm³/mol. The molecular weight excluding hydrogens is 620 g/mol. The zero-order valence-electron chi connectivity index (χ0n) is 25.2. The van der Waals surface area contributed by atoms with Gasteiger partial charge in [0.05, 0.1) is 13.2 Å². The standard InChI is InChI=1S/C31H33ClN6O8/c1-3-4-9-24-33-28(32)25(30(40)44-17(2)45-31(41)46-23-16-43-26-22(39)15-42-27(23)26)38(24)14-18-10-12-19(13-11-18)20-7-5-6-8-21(20)29-34-36-37-35-29/h5-8,10-13,17,22-23,26-27,39H,3-4,9,14-16H2,1-2H3,(H,34,35,36,37)/t17?,22-,23-,26+,27+/m0/s1. The van der Waals surface area contributed by atoms with Gasteiger partial charge in [0.2, 0.25) is 12.1 Å². The van der Waals surface area contributed by atoms with Crippen molar-refractivity contribution in [2.45, 2.75) is 70.4 Å². The molecule has 5 atom stereocenters. The highest BCUT2D eigenvalue weighted by Gasteiger charge is 2.49. The minimum atomic E-state index is -1.30. The van der Waals surface area contributed by atoms with Crippen LogP contribution in [0.25, 0.3) is 22.5 Å².